The zero-order chi connectivity index (χ0) is 15.2. The Morgan fingerprint density at radius 1 is 1.14 bits per heavy atom. The number of benzene rings is 2. The summed E-state index contributed by atoms with van der Waals surface area (Å²) >= 11 is 5.91. The average Bonchev–Trinajstić information content (AvgIpc) is 2.44. The smallest absolute Gasteiger partial charge is 0.238 e. The normalized spacial score (nSPS) is 10.4. The fraction of sp³-hybridized carbons (Fsp3) is 0.133. The lowest BCUT2D eigenvalue weighted by Crippen LogP contribution is -2.28. The lowest BCUT2D eigenvalue weighted by Gasteiger charge is -2.08. The summed E-state index contributed by atoms with van der Waals surface area (Å²) in [5.41, 5.74) is 0.806. The summed E-state index contributed by atoms with van der Waals surface area (Å²) in [5, 5.41) is 5.86. The van der Waals surface area contributed by atoms with E-state index >= 15 is 0 Å². The fourth-order valence-electron chi connectivity index (χ4n) is 1.73. The molecular formula is C15H13ClF2N2O. The second kappa shape index (κ2) is 7.15. The van der Waals surface area contributed by atoms with Gasteiger partial charge in [-0.2, -0.15) is 0 Å². The number of hydrogen-bond donors (Lipinski definition) is 2. The second-order valence-corrected chi connectivity index (χ2v) is 4.77. The van der Waals surface area contributed by atoms with Gasteiger partial charge in [-0.1, -0.05) is 29.8 Å². The third kappa shape index (κ3) is 4.51. The van der Waals surface area contributed by atoms with Crippen molar-refractivity contribution in [3.63, 3.8) is 0 Å². The molecule has 6 heteroatoms. The van der Waals surface area contributed by atoms with Gasteiger partial charge in [0.15, 0.2) is 0 Å². The Balaban J connectivity index is 1.83. The average molecular weight is 311 g/mol. The monoisotopic (exact) mass is 310 g/mol. The third-order valence-corrected chi connectivity index (χ3v) is 3.09. The first-order valence-electron chi connectivity index (χ1n) is 6.25. The molecular weight excluding hydrogens is 298 g/mol. The Morgan fingerprint density at radius 2 is 1.90 bits per heavy atom. The molecule has 0 saturated carbocycles. The molecule has 0 fully saturated rings. The predicted molar refractivity (Wildman–Crippen MR) is 78.1 cm³/mol. The highest BCUT2D eigenvalue weighted by molar-refractivity contribution is 6.33. The molecule has 0 aromatic heterocycles. The molecule has 2 rings (SSSR count). The Kier molecular flexibility index (Phi) is 5.25. The topological polar surface area (TPSA) is 41.1 Å². The van der Waals surface area contributed by atoms with Crippen LogP contribution in [0.2, 0.25) is 5.02 Å². The molecule has 0 aliphatic carbocycles. The first-order valence-corrected chi connectivity index (χ1v) is 6.63. The SMILES string of the molecule is O=C(CNCc1ccc(F)cc1F)Nc1ccccc1Cl. The second-order valence-electron chi connectivity index (χ2n) is 4.37. The van der Waals surface area contributed by atoms with Gasteiger partial charge in [-0.25, -0.2) is 8.78 Å². The minimum absolute atomic E-state index is 0.0119. The molecule has 0 radical (unpaired) electrons. The first kappa shape index (κ1) is 15.4. The van der Waals surface area contributed by atoms with Crippen LogP contribution in [0.25, 0.3) is 0 Å². The molecule has 0 unspecified atom stereocenters. The van der Waals surface area contributed by atoms with Crippen LogP contribution >= 0.6 is 11.6 Å². The quantitative estimate of drug-likeness (QED) is 0.889. The summed E-state index contributed by atoms with van der Waals surface area (Å²) in [6, 6.07) is 10.2. The van der Waals surface area contributed by atoms with Gasteiger partial charge in [0.25, 0.3) is 0 Å². The van der Waals surface area contributed by atoms with Crippen LogP contribution in [0.1, 0.15) is 5.56 Å². The van der Waals surface area contributed by atoms with Crippen molar-refractivity contribution in [1.29, 1.82) is 0 Å². The minimum Gasteiger partial charge on any atom is -0.324 e. The molecule has 21 heavy (non-hydrogen) atoms. The van der Waals surface area contributed by atoms with Gasteiger partial charge in [-0.05, 0) is 18.2 Å². The summed E-state index contributed by atoms with van der Waals surface area (Å²) in [4.78, 5) is 11.7. The number of nitrogens with one attached hydrogen (secondary N) is 2. The van der Waals surface area contributed by atoms with E-state index in [4.69, 9.17) is 11.6 Å². The molecule has 2 aromatic carbocycles. The number of para-hydroxylation sites is 1. The van der Waals surface area contributed by atoms with Gasteiger partial charge in [-0.15, -0.1) is 0 Å². The van der Waals surface area contributed by atoms with Crippen LogP contribution in [0.4, 0.5) is 14.5 Å². The molecule has 1 amide bonds. The van der Waals surface area contributed by atoms with E-state index in [9.17, 15) is 13.6 Å². The lowest BCUT2D eigenvalue weighted by atomic mass is 10.2. The molecule has 3 nitrogen and oxygen atoms in total. The Labute approximate surface area is 125 Å². The molecule has 0 bridgehead atoms. The Morgan fingerprint density at radius 3 is 2.62 bits per heavy atom. The van der Waals surface area contributed by atoms with Gasteiger partial charge in [0.05, 0.1) is 17.3 Å². The van der Waals surface area contributed by atoms with E-state index in [0.717, 1.165) is 6.07 Å². The molecule has 2 aromatic rings. The van der Waals surface area contributed by atoms with Gasteiger partial charge in [0, 0.05) is 18.2 Å². The first-order chi connectivity index (χ1) is 10.1. The predicted octanol–water partition coefficient (Wildman–Crippen LogP) is 3.35. The van der Waals surface area contributed by atoms with Crippen molar-refractivity contribution in [1.82, 2.24) is 5.32 Å². The number of anilines is 1. The van der Waals surface area contributed by atoms with Crippen LogP contribution < -0.4 is 10.6 Å². The van der Waals surface area contributed by atoms with E-state index in [1.165, 1.54) is 12.1 Å². The summed E-state index contributed by atoms with van der Waals surface area (Å²) in [6.45, 7) is 0.115. The summed E-state index contributed by atoms with van der Waals surface area (Å²) in [5.74, 6) is -1.58. The van der Waals surface area contributed by atoms with Crippen molar-refractivity contribution in [2.45, 2.75) is 6.54 Å². The van der Waals surface area contributed by atoms with E-state index in [1.807, 2.05) is 0 Å². The van der Waals surface area contributed by atoms with Gasteiger partial charge in [0.2, 0.25) is 5.91 Å². The number of rotatable bonds is 5. The fourth-order valence-corrected chi connectivity index (χ4v) is 1.92. The van der Waals surface area contributed by atoms with E-state index in [0.29, 0.717) is 16.3 Å². The van der Waals surface area contributed by atoms with E-state index in [1.54, 1.807) is 24.3 Å². The standard InChI is InChI=1S/C15H13ClF2N2O/c16-12-3-1-2-4-14(12)20-15(21)9-19-8-10-5-6-11(17)7-13(10)18/h1-7,19H,8-9H2,(H,20,21). The lowest BCUT2D eigenvalue weighted by molar-refractivity contribution is -0.115. The van der Waals surface area contributed by atoms with Crippen molar-refractivity contribution in [3.05, 3.63) is 64.7 Å². The number of hydrogen-bond acceptors (Lipinski definition) is 2. The van der Waals surface area contributed by atoms with Crippen LogP contribution in [0, 0.1) is 11.6 Å². The van der Waals surface area contributed by atoms with E-state index < -0.39 is 11.6 Å². The van der Waals surface area contributed by atoms with Crippen LogP contribution in [0.15, 0.2) is 42.5 Å². The zero-order valence-electron chi connectivity index (χ0n) is 11.0. The van der Waals surface area contributed by atoms with Gasteiger partial charge >= 0.3 is 0 Å². The maximum Gasteiger partial charge on any atom is 0.238 e. The molecule has 0 atom stereocenters. The van der Waals surface area contributed by atoms with E-state index in [-0.39, 0.29) is 19.0 Å². The van der Waals surface area contributed by atoms with Crippen LogP contribution in [0.3, 0.4) is 0 Å². The number of halogens is 3. The number of carbonyl (C=O) groups excluding carboxylic acids is 1. The Bertz CT molecular complexity index is 649. The largest absolute Gasteiger partial charge is 0.324 e. The summed E-state index contributed by atoms with van der Waals surface area (Å²) < 4.78 is 26.1. The summed E-state index contributed by atoms with van der Waals surface area (Å²) in [7, 11) is 0. The van der Waals surface area contributed by atoms with Crippen LogP contribution in [-0.4, -0.2) is 12.5 Å². The van der Waals surface area contributed by atoms with Gasteiger partial charge in [-0.3, -0.25) is 4.79 Å². The van der Waals surface area contributed by atoms with Crippen molar-refractivity contribution in [3.8, 4) is 0 Å². The molecule has 110 valence electrons. The molecule has 0 aliphatic rings. The molecule has 0 aliphatic heterocycles. The highest BCUT2D eigenvalue weighted by Gasteiger charge is 2.07. The van der Waals surface area contributed by atoms with E-state index in [2.05, 4.69) is 10.6 Å². The highest BCUT2D eigenvalue weighted by Crippen LogP contribution is 2.20. The van der Waals surface area contributed by atoms with Crippen molar-refractivity contribution in [2.24, 2.45) is 0 Å². The molecule has 0 spiro atoms. The van der Waals surface area contributed by atoms with Gasteiger partial charge in [0.1, 0.15) is 11.6 Å². The van der Waals surface area contributed by atoms with Crippen molar-refractivity contribution >= 4 is 23.2 Å². The molecule has 0 saturated heterocycles. The summed E-state index contributed by atoms with van der Waals surface area (Å²) in [6.07, 6.45) is 0. The number of carbonyl (C=O) groups is 1. The minimum atomic E-state index is -0.644. The molecule has 2 N–H and O–H groups in total. The zero-order valence-corrected chi connectivity index (χ0v) is 11.8. The maximum absolute atomic E-state index is 13.4. The van der Waals surface area contributed by atoms with Crippen molar-refractivity contribution in [2.75, 3.05) is 11.9 Å². The highest BCUT2D eigenvalue weighted by atomic mass is 35.5. The Hall–Kier alpha value is -1.98. The maximum atomic E-state index is 13.4. The van der Waals surface area contributed by atoms with Gasteiger partial charge < -0.3 is 10.6 Å². The van der Waals surface area contributed by atoms with Crippen molar-refractivity contribution < 1.29 is 13.6 Å². The third-order valence-electron chi connectivity index (χ3n) is 2.76. The van der Waals surface area contributed by atoms with Crippen LogP contribution in [0.5, 0.6) is 0 Å². The number of amides is 1. The molecule has 0 heterocycles. The van der Waals surface area contributed by atoms with Crippen LogP contribution in [-0.2, 0) is 11.3 Å².